The van der Waals surface area contributed by atoms with Gasteiger partial charge in [0.05, 0.1) is 17.6 Å². The van der Waals surface area contributed by atoms with Crippen LogP contribution in [0.25, 0.3) is 0 Å². The van der Waals surface area contributed by atoms with Crippen molar-refractivity contribution >= 4 is 5.97 Å². The molecule has 1 saturated heterocycles. The minimum Gasteiger partial charge on any atom is -0.481 e. The molecule has 1 aliphatic rings. The number of aliphatic carboxylic acids is 1. The minimum atomic E-state index is -0.804. The van der Waals surface area contributed by atoms with Crippen molar-refractivity contribution in [3.05, 3.63) is 0 Å². The Hall–Kier alpha value is -0.610. The quantitative estimate of drug-likeness (QED) is 0.782. The van der Waals surface area contributed by atoms with E-state index in [0.29, 0.717) is 26.1 Å². The molecule has 15 heavy (non-hydrogen) atoms. The molecule has 0 spiro atoms. The average molecular weight is 216 g/mol. The predicted octanol–water partition coefficient (Wildman–Crippen LogP) is 1.83. The number of carboxylic acid groups (broad SMARTS) is 1. The molecule has 1 heterocycles. The number of hydrogen-bond donors (Lipinski definition) is 1. The van der Waals surface area contributed by atoms with Gasteiger partial charge in [-0.3, -0.25) is 4.79 Å². The molecule has 4 heteroatoms. The van der Waals surface area contributed by atoms with E-state index in [9.17, 15) is 4.79 Å². The van der Waals surface area contributed by atoms with E-state index in [-0.39, 0.29) is 12.0 Å². The van der Waals surface area contributed by atoms with E-state index >= 15 is 0 Å². The van der Waals surface area contributed by atoms with Crippen molar-refractivity contribution in [1.29, 1.82) is 0 Å². The second-order valence-corrected chi connectivity index (χ2v) is 5.08. The van der Waals surface area contributed by atoms with Gasteiger partial charge < -0.3 is 14.6 Å². The summed E-state index contributed by atoms with van der Waals surface area (Å²) in [5.41, 5.74) is -0.852. The van der Waals surface area contributed by atoms with E-state index in [2.05, 4.69) is 0 Å². The van der Waals surface area contributed by atoms with Crippen LogP contribution in [0.4, 0.5) is 0 Å². The first-order valence-corrected chi connectivity index (χ1v) is 5.33. The molecule has 0 radical (unpaired) electrons. The Kier molecular flexibility index (Phi) is 3.73. The van der Waals surface area contributed by atoms with E-state index in [1.54, 1.807) is 0 Å². The summed E-state index contributed by atoms with van der Waals surface area (Å²) in [6.07, 6.45) is 1.39. The van der Waals surface area contributed by atoms with Crippen molar-refractivity contribution in [2.24, 2.45) is 0 Å². The first-order chi connectivity index (χ1) is 6.83. The fraction of sp³-hybridized carbons (Fsp3) is 0.909. The van der Waals surface area contributed by atoms with Gasteiger partial charge in [-0.1, -0.05) is 0 Å². The Balaban J connectivity index is 2.70. The van der Waals surface area contributed by atoms with Gasteiger partial charge >= 0.3 is 5.97 Å². The highest BCUT2D eigenvalue weighted by Gasteiger charge is 2.39. The van der Waals surface area contributed by atoms with Crippen LogP contribution in [0.5, 0.6) is 0 Å². The van der Waals surface area contributed by atoms with Crippen LogP contribution >= 0.6 is 0 Å². The van der Waals surface area contributed by atoms with Crippen LogP contribution in [-0.4, -0.2) is 35.5 Å². The maximum atomic E-state index is 10.8. The van der Waals surface area contributed by atoms with Crippen LogP contribution in [0.2, 0.25) is 0 Å². The summed E-state index contributed by atoms with van der Waals surface area (Å²) in [5.74, 6) is -0.804. The maximum Gasteiger partial charge on any atom is 0.306 e. The molecular formula is C11H20O4. The summed E-state index contributed by atoms with van der Waals surface area (Å²) in [4.78, 5) is 10.8. The highest BCUT2D eigenvalue weighted by Crippen LogP contribution is 2.33. The summed E-state index contributed by atoms with van der Waals surface area (Å²) in [7, 11) is 0. The highest BCUT2D eigenvalue weighted by atomic mass is 16.5. The van der Waals surface area contributed by atoms with E-state index < -0.39 is 11.6 Å². The van der Waals surface area contributed by atoms with Gasteiger partial charge in [0.1, 0.15) is 0 Å². The number of carbonyl (C=O) groups is 1. The lowest BCUT2D eigenvalue weighted by atomic mass is 9.89. The fourth-order valence-electron chi connectivity index (χ4n) is 1.98. The second kappa shape index (κ2) is 4.49. The summed E-state index contributed by atoms with van der Waals surface area (Å²) in [5, 5.41) is 8.91. The van der Waals surface area contributed by atoms with Crippen LogP contribution in [0, 0.1) is 0 Å². The van der Waals surface area contributed by atoms with Gasteiger partial charge in [0.2, 0.25) is 0 Å². The van der Waals surface area contributed by atoms with E-state index in [4.69, 9.17) is 14.6 Å². The van der Waals surface area contributed by atoms with Crippen LogP contribution in [0.1, 0.15) is 40.0 Å². The Morgan fingerprint density at radius 1 is 1.40 bits per heavy atom. The molecule has 1 rings (SSSR count). The molecule has 1 aliphatic heterocycles. The minimum absolute atomic E-state index is 0.0631. The fourth-order valence-corrected chi connectivity index (χ4v) is 1.98. The molecule has 0 saturated carbocycles. The van der Waals surface area contributed by atoms with Gasteiger partial charge in [-0.05, 0) is 20.8 Å². The zero-order chi connectivity index (χ0) is 11.5. The molecule has 0 aliphatic carbocycles. The summed E-state index contributed by atoms with van der Waals surface area (Å²) in [6, 6.07) is 0. The molecule has 0 aromatic rings. The van der Waals surface area contributed by atoms with Gasteiger partial charge in [-0.2, -0.15) is 0 Å². The zero-order valence-corrected chi connectivity index (χ0v) is 9.71. The molecule has 88 valence electrons. The third-order valence-electron chi connectivity index (χ3n) is 2.40. The molecule has 4 nitrogen and oxygen atoms in total. The molecule has 0 bridgehead atoms. The standard InChI is InChI=1S/C11H20O4/c1-10(2,3)15-11(8-9(12)13)4-6-14-7-5-11/h4-8H2,1-3H3,(H,12,13). The van der Waals surface area contributed by atoms with Crippen molar-refractivity contribution in [2.75, 3.05) is 13.2 Å². The van der Waals surface area contributed by atoms with Crippen LogP contribution < -0.4 is 0 Å². The lowest BCUT2D eigenvalue weighted by molar-refractivity contribution is -0.183. The predicted molar refractivity (Wildman–Crippen MR) is 55.9 cm³/mol. The molecule has 0 atom stereocenters. The number of rotatable bonds is 3. The van der Waals surface area contributed by atoms with E-state index in [1.165, 1.54) is 0 Å². The summed E-state index contributed by atoms with van der Waals surface area (Å²) >= 11 is 0. The first-order valence-electron chi connectivity index (χ1n) is 5.33. The number of carboxylic acids is 1. The largest absolute Gasteiger partial charge is 0.481 e. The molecule has 0 aromatic heterocycles. The molecule has 0 amide bonds. The van der Waals surface area contributed by atoms with Gasteiger partial charge in [-0.25, -0.2) is 0 Å². The smallest absolute Gasteiger partial charge is 0.306 e. The van der Waals surface area contributed by atoms with Gasteiger partial charge in [0, 0.05) is 26.1 Å². The molecular weight excluding hydrogens is 196 g/mol. The first kappa shape index (κ1) is 12.5. The zero-order valence-electron chi connectivity index (χ0n) is 9.71. The van der Waals surface area contributed by atoms with Gasteiger partial charge in [0.15, 0.2) is 0 Å². The Bertz CT molecular complexity index is 223. The molecule has 1 N–H and O–H groups in total. The van der Waals surface area contributed by atoms with Crippen molar-refractivity contribution < 1.29 is 19.4 Å². The normalized spacial score (nSPS) is 21.3. The van der Waals surface area contributed by atoms with E-state index in [1.807, 2.05) is 20.8 Å². The highest BCUT2D eigenvalue weighted by molar-refractivity contribution is 5.68. The molecule has 1 fully saturated rings. The SMILES string of the molecule is CC(C)(C)OC1(CC(=O)O)CCOCC1. The Morgan fingerprint density at radius 3 is 2.33 bits per heavy atom. The van der Waals surface area contributed by atoms with Crippen LogP contribution in [0.3, 0.4) is 0 Å². The Labute approximate surface area is 90.6 Å². The monoisotopic (exact) mass is 216 g/mol. The van der Waals surface area contributed by atoms with Gasteiger partial charge in [-0.15, -0.1) is 0 Å². The van der Waals surface area contributed by atoms with Crippen molar-refractivity contribution in [2.45, 2.75) is 51.2 Å². The van der Waals surface area contributed by atoms with Crippen molar-refractivity contribution in [3.8, 4) is 0 Å². The lowest BCUT2D eigenvalue weighted by Crippen LogP contribution is -2.45. The molecule has 0 aromatic carbocycles. The third-order valence-corrected chi connectivity index (χ3v) is 2.40. The van der Waals surface area contributed by atoms with E-state index in [0.717, 1.165) is 0 Å². The lowest BCUT2D eigenvalue weighted by Gasteiger charge is -2.41. The third kappa shape index (κ3) is 4.18. The van der Waals surface area contributed by atoms with Crippen LogP contribution in [0.15, 0.2) is 0 Å². The maximum absolute atomic E-state index is 10.8. The average Bonchev–Trinajstić information content (AvgIpc) is 1.99. The van der Waals surface area contributed by atoms with Crippen LogP contribution in [-0.2, 0) is 14.3 Å². The second-order valence-electron chi connectivity index (χ2n) is 5.08. The molecule has 0 unspecified atom stereocenters. The van der Waals surface area contributed by atoms with Crippen molar-refractivity contribution in [3.63, 3.8) is 0 Å². The topological polar surface area (TPSA) is 55.8 Å². The summed E-state index contributed by atoms with van der Waals surface area (Å²) < 4.78 is 11.2. The van der Waals surface area contributed by atoms with Crippen molar-refractivity contribution in [1.82, 2.24) is 0 Å². The Morgan fingerprint density at radius 2 is 1.93 bits per heavy atom. The summed E-state index contributed by atoms with van der Waals surface area (Å²) in [6.45, 7) is 7.02. The number of hydrogen-bond acceptors (Lipinski definition) is 3. The number of ether oxygens (including phenoxy) is 2. The van der Waals surface area contributed by atoms with Gasteiger partial charge in [0.25, 0.3) is 0 Å².